The van der Waals surface area contributed by atoms with Crippen LogP contribution in [-0.2, 0) is 9.84 Å². The Morgan fingerprint density at radius 2 is 1.81 bits per heavy atom. The maximum absolute atomic E-state index is 12.0. The van der Waals surface area contributed by atoms with Crippen molar-refractivity contribution < 1.29 is 8.42 Å². The Bertz CT molecular complexity index is 1480. The van der Waals surface area contributed by atoms with Gasteiger partial charge in [0, 0.05) is 31.2 Å². The number of anilines is 3. The van der Waals surface area contributed by atoms with Gasteiger partial charge in [-0.2, -0.15) is 15.1 Å². The number of fused-ring (bicyclic) bond motifs is 1. The van der Waals surface area contributed by atoms with Crippen LogP contribution in [0.2, 0.25) is 0 Å². The molecule has 4 aromatic rings. The standard InChI is InChI=1S/C25H30N8O2S/c1-17(2)32-16-26-21-23(29-25(30-24(21)32)31-10-6-7-11-31)28-20-12-27-33(13-20)22(18-8-4-3-5-9-18)19-14-36(34,35)15-19/h3-5,8-9,12-13,16-17,19,22H,6-7,10-11,14-15H2,1-2H3,(H,28,29,30)/t22-/m1/s1. The van der Waals surface area contributed by atoms with Crippen LogP contribution in [0.5, 0.6) is 0 Å². The average molecular weight is 507 g/mol. The van der Waals surface area contributed by atoms with Crippen molar-refractivity contribution in [2.75, 3.05) is 34.8 Å². The molecule has 0 amide bonds. The molecule has 5 heterocycles. The number of nitrogens with zero attached hydrogens (tertiary/aromatic N) is 7. The molecule has 0 bridgehead atoms. The van der Waals surface area contributed by atoms with E-state index >= 15 is 0 Å². The third-order valence-corrected chi connectivity index (χ3v) is 8.90. The molecule has 2 aliphatic rings. The van der Waals surface area contributed by atoms with Gasteiger partial charge in [-0.1, -0.05) is 30.3 Å². The second-order valence-corrected chi connectivity index (χ2v) is 12.2. The first-order chi connectivity index (χ1) is 17.4. The van der Waals surface area contributed by atoms with Crippen LogP contribution in [0.4, 0.5) is 17.5 Å². The highest BCUT2D eigenvalue weighted by Gasteiger charge is 2.40. The lowest BCUT2D eigenvalue weighted by Gasteiger charge is -2.33. The van der Waals surface area contributed by atoms with E-state index in [2.05, 4.69) is 38.7 Å². The summed E-state index contributed by atoms with van der Waals surface area (Å²) < 4.78 is 27.8. The Hall–Kier alpha value is -3.47. The van der Waals surface area contributed by atoms with Crippen molar-refractivity contribution in [2.24, 2.45) is 5.92 Å². The minimum Gasteiger partial charge on any atom is -0.341 e. The van der Waals surface area contributed by atoms with Crippen LogP contribution < -0.4 is 10.2 Å². The number of hydrogen-bond acceptors (Lipinski definition) is 8. The number of rotatable bonds is 7. The number of sulfone groups is 1. The van der Waals surface area contributed by atoms with Gasteiger partial charge < -0.3 is 14.8 Å². The number of benzene rings is 1. The minimum absolute atomic E-state index is 0.0144. The number of hydrogen-bond donors (Lipinski definition) is 1. The Kier molecular flexibility index (Phi) is 5.66. The van der Waals surface area contributed by atoms with Gasteiger partial charge in [-0.15, -0.1) is 0 Å². The van der Waals surface area contributed by atoms with Crippen LogP contribution in [0.3, 0.4) is 0 Å². The van der Waals surface area contributed by atoms with Gasteiger partial charge in [-0.05, 0) is 32.3 Å². The van der Waals surface area contributed by atoms with Crippen LogP contribution in [0.25, 0.3) is 11.2 Å². The van der Waals surface area contributed by atoms with Gasteiger partial charge in [0.2, 0.25) is 5.95 Å². The SMILES string of the molecule is CC(C)n1cnc2c(Nc3cnn([C@H](c4ccccc4)C4CS(=O)(=O)C4)c3)nc(N3CCCC3)nc21. The van der Waals surface area contributed by atoms with E-state index in [1.54, 1.807) is 6.20 Å². The minimum atomic E-state index is -2.96. The van der Waals surface area contributed by atoms with Crippen molar-refractivity contribution in [3.63, 3.8) is 0 Å². The van der Waals surface area contributed by atoms with Crippen molar-refractivity contribution in [2.45, 2.75) is 38.8 Å². The number of aromatic nitrogens is 6. The fourth-order valence-corrected chi connectivity index (χ4v) is 6.77. The molecule has 0 unspecified atom stereocenters. The predicted octanol–water partition coefficient (Wildman–Crippen LogP) is 3.58. The van der Waals surface area contributed by atoms with Crippen LogP contribution >= 0.6 is 0 Å². The molecule has 0 saturated carbocycles. The maximum Gasteiger partial charge on any atom is 0.229 e. The summed E-state index contributed by atoms with van der Waals surface area (Å²) in [5, 5.41) is 8.06. The maximum atomic E-state index is 12.0. The van der Waals surface area contributed by atoms with Crippen molar-refractivity contribution in [1.82, 2.24) is 29.3 Å². The summed E-state index contributed by atoms with van der Waals surface area (Å²) >= 11 is 0. The smallest absolute Gasteiger partial charge is 0.229 e. The first kappa shape index (κ1) is 23.0. The first-order valence-electron chi connectivity index (χ1n) is 12.4. The van der Waals surface area contributed by atoms with Gasteiger partial charge in [-0.25, -0.2) is 13.4 Å². The van der Waals surface area contributed by atoms with E-state index in [1.165, 1.54) is 0 Å². The summed E-state index contributed by atoms with van der Waals surface area (Å²) in [5.41, 5.74) is 3.33. The van der Waals surface area contributed by atoms with E-state index in [4.69, 9.17) is 9.97 Å². The van der Waals surface area contributed by atoms with E-state index in [1.807, 2.05) is 47.5 Å². The van der Waals surface area contributed by atoms with Crippen molar-refractivity contribution in [3.8, 4) is 0 Å². The molecule has 10 nitrogen and oxygen atoms in total. The zero-order chi connectivity index (χ0) is 24.9. The highest BCUT2D eigenvalue weighted by atomic mass is 32.2. The van der Waals surface area contributed by atoms with Crippen molar-refractivity contribution in [3.05, 3.63) is 54.6 Å². The molecule has 0 radical (unpaired) electrons. The molecule has 0 spiro atoms. The molecule has 0 aliphatic carbocycles. The molecule has 36 heavy (non-hydrogen) atoms. The Balaban J connectivity index is 1.35. The molecule has 1 aromatic carbocycles. The van der Waals surface area contributed by atoms with Crippen molar-refractivity contribution >= 4 is 38.5 Å². The molecule has 1 N–H and O–H groups in total. The topological polar surface area (TPSA) is 111 Å². The lowest BCUT2D eigenvalue weighted by molar-refractivity contribution is 0.378. The largest absolute Gasteiger partial charge is 0.341 e. The molecule has 188 valence electrons. The van der Waals surface area contributed by atoms with Gasteiger partial charge in [0.1, 0.15) is 0 Å². The summed E-state index contributed by atoms with van der Waals surface area (Å²) in [4.78, 5) is 16.6. The summed E-state index contributed by atoms with van der Waals surface area (Å²) in [6.45, 7) is 6.12. The van der Waals surface area contributed by atoms with Crippen molar-refractivity contribution in [1.29, 1.82) is 0 Å². The number of imidazole rings is 1. The second-order valence-electron chi connectivity index (χ2n) is 10.0. The predicted molar refractivity (Wildman–Crippen MR) is 139 cm³/mol. The van der Waals surface area contributed by atoms with Gasteiger partial charge in [-0.3, -0.25) is 4.68 Å². The van der Waals surface area contributed by atoms with E-state index in [-0.39, 0.29) is 29.5 Å². The quantitative estimate of drug-likeness (QED) is 0.405. The molecular formula is C25H30N8O2S. The summed E-state index contributed by atoms with van der Waals surface area (Å²) in [5.74, 6) is 1.68. The highest BCUT2D eigenvalue weighted by Crippen LogP contribution is 2.36. The second kappa shape index (κ2) is 8.88. The molecule has 1 atom stereocenters. The van der Waals surface area contributed by atoms with E-state index in [0.29, 0.717) is 17.3 Å². The lowest BCUT2D eigenvalue weighted by Crippen LogP contribution is -2.42. The fraction of sp³-hybridized carbons (Fsp3) is 0.440. The first-order valence-corrected chi connectivity index (χ1v) is 14.3. The van der Waals surface area contributed by atoms with E-state index in [9.17, 15) is 8.42 Å². The third-order valence-electron chi connectivity index (χ3n) is 7.03. The Labute approximate surface area is 210 Å². The van der Waals surface area contributed by atoms with Gasteiger partial charge >= 0.3 is 0 Å². The molecule has 2 fully saturated rings. The molecule has 3 aromatic heterocycles. The van der Waals surface area contributed by atoms with Crippen LogP contribution in [-0.4, -0.2) is 62.3 Å². The average Bonchev–Trinajstić information content (AvgIpc) is 3.60. The van der Waals surface area contributed by atoms with Crippen LogP contribution in [0, 0.1) is 5.92 Å². The van der Waals surface area contributed by atoms with Gasteiger partial charge in [0.05, 0.1) is 35.8 Å². The highest BCUT2D eigenvalue weighted by molar-refractivity contribution is 7.92. The Morgan fingerprint density at radius 1 is 1.06 bits per heavy atom. The molecule has 6 rings (SSSR count). The fourth-order valence-electron chi connectivity index (χ4n) is 5.20. The summed E-state index contributed by atoms with van der Waals surface area (Å²) in [6.07, 6.45) is 7.77. The normalized spacial score (nSPS) is 18.6. The molecular weight excluding hydrogens is 476 g/mol. The zero-order valence-electron chi connectivity index (χ0n) is 20.4. The summed E-state index contributed by atoms with van der Waals surface area (Å²) in [7, 11) is -2.96. The van der Waals surface area contributed by atoms with Crippen LogP contribution in [0.15, 0.2) is 49.1 Å². The number of nitrogens with one attached hydrogen (secondary N) is 1. The van der Waals surface area contributed by atoms with Crippen LogP contribution in [0.1, 0.15) is 44.3 Å². The molecule has 11 heteroatoms. The van der Waals surface area contributed by atoms with Gasteiger partial charge in [0.15, 0.2) is 26.8 Å². The Morgan fingerprint density at radius 3 is 2.50 bits per heavy atom. The van der Waals surface area contributed by atoms with E-state index in [0.717, 1.165) is 42.8 Å². The lowest BCUT2D eigenvalue weighted by atomic mass is 9.95. The monoisotopic (exact) mass is 506 g/mol. The van der Waals surface area contributed by atoms with E-state index < -0.39 is 9.84 Å². The molecule has 2 aliphatic heterocycles. The third kappa shape index (κ3) is 4.21. The zero-order valence-corrected chi connectivity index (χ0v) is 21.3. The van der Waals surface area contributed by atoms with Gasteiger partial charge in [0.25, 0.3) is 0 Å². The summed E-state index contributed by atoms with van der Waals surface area (Å²) in [6, 6.07) is 10.0. The molecule has 2 saturated heterocycles.